The smallest absolute Gasteiger partial charge is 0.242 e. The van der Waals surface area contributed by atoms with Gasteiger partial charge in [0.15, 0.2) is 11.5 Å². The van der Waals surface area contributed by atoms with Crippen LogP contribution in [0.25, 0.3) is 0 Å². The summed E-state index contributed by atoms with van der Waals surface area (Å²) in [6, 6.07) is 12.9. The summed E-state index contributed by atoms with van der Waals surface area (Å²) < 4.78 is 16.4. The minimum Gasteiger partial charge on any atom is -0.497 e. The van der Waals surface area contributed by atoms with Crippen molar-refractivity contribution in [3.05, 3.63) is 48.0 Å². The van der Waals surface area contributed by atoms with Crippen molar-refractivity contribution in [2.45, 2.75) is 25.9 Å². The average molecular weight is 356 g/mol. The second-order valence-corrected chi connectivity index (χ2v) is 6.14. The molecule has 0 fully saturated rings. The molecule has 3 rings (SSSR count). The van der Waals surface area contributed by atoms with Crippen LogP contribution in [0.2, 0.25) is 0 Å². The Bertz CT molecular complexity index is 746. The van der Waals surface area contributed by atoms with Crippen LogP contribution in [0.1, 0.15) is 18.9 Å². The molecule has 1 atom stereocenters. The summed E-state index contributed by atoms with van der Waals surface area (Å²) >= 11 is 0. The third kappa shape index (κ3) is 4.59. The molecular formula is C20H24N2O4. The van der Waals surface area contributed by atoms with Crippen LogP contribution in [0.3, 0.4) is 0 Å². The largest absolute Gasteiger partial charge is 0.497 e. The van der Waals surface area contributed by atoms with Gasteiger partial charge in [-0.15, -0.1) is 0 Å². The number of nitrogens with one attached hydrogen (secondary N) is 2. The minimum atomic E-state index is -0.377. The van der Waals surface area contributed by atoms with Gasteiger partial charge in [0.05, 0.1) is 20.3 Å². The van der Waals surface area contributed by atoms with E-state index in [1.165, 1.54) is 0 Å². The van der Waals surface area contributed by atoms with E-state index in [0.717, 1.165) is 29.2 Å². The van der Waals surface area contributed by atoms with Crippen LogP contribution in [-0.2, 0) is 11.3 Å². The maximum atomic E-state index is 12.3. The highest BCUT2D eigenvalue weighted by Crippen LogP contribution is 2.32. The number of hydrogen-bond acceptors (Lipinski definition) is 5. The molecule has 2 N–H and O–H groups in total. The molecule has 1 aliphatic heterocycles. The zero-order valence-corrected chi connectivity index (χ0v) is 15.1. The molecule has 1 aliphatic rings. The third-order valence-electron chi connectivity index (χ3n) is 4.15. The Hall–Kier alpha value is -2.89. The second kappa shape index (κ2) is 8.47. The Morgan fingerprint density at radius 1 is 1.12 bits per heavy atom. The number of anilines is 1. The van der Waals surface area contributed by atoms with Crippen LogP contribution < -0.4 is 24.8 Å². The zero-order valence-electron chi connectivity index (χ0n) is 15.1. The van der Waals surface area contributed by atoms with E-state index in [0.29, 0.717) is 25.5 Å². The summed E-state index contributed by atoms with van der Waals surface area (Å²) in [5, 5.41) is 6.13. The predicted molar refractivity (Wildman–Crippen MR) is 100.0 cm³/mol. The number of carbonyl (C=O) groups excluding carboxylic acids is 1. The van der Waals surface area contributed by atoms with Crippen LogP contribution in [0.15, 0.2) is 42.5 Å². The molecule has 1 heterocycles. The minimum absolute atomic E-state index is 0.0760. The maximum absolute atomic E-state index is 12.3. The van der Waals surface area contributed by atoms with Gasteiger partial charge < -0.3 is 24.8 Å². The molecule has 0 spiro atoms. The first-order chi connectivity index (χ1) is 12.7. The van der Waals surface area contributed by atoms with Crippen LogP contribution in [0, 0.1) is 0 Å². The van der Waals surface area contributed by atoms with Crippen LogP contribution in [0.4, 0.5) is 5.69 Å². The maximum Gasteiger partial charge on any atom is 0.242 e. The molecule has 0 bridgehead atoms. The van der Waals surface area contributed by atoms with Gasteiger partial charge in [-0.25, -0.2) is 0 Å². The summed E-state index contributed by atoms with van der Waals surface area (Å²) in [5.41, 5.74) is 1.84. The highest BCUT2D eigenvalue weighted by atomic mass is 16.5. The Morgan fingerprint density at radius 2 is 1.85 bits per heavy atom. The van der Waals surface area contributed by atoms with Crippen molar-refractivity contribution in [3.8, 4) is 17.2 Å². The van der Waals surface area contributed by atoms with Crippen LogP contribution >= 0.6 is 0 Å². The van der Waals surface area contributed by atoms with E-state index in [1.807, 2.05) is 49.4 Å². The van der Waals surface area contributed by atoms with Gasteiger partial charge in [-0.3, -0.25) is 4.79 Å². The lowest BCUT2D eigenvalue weighted by molar-refractivity contribution is -0.121. The van der Waals surface area contributed by atoms with Crippen molar-refractivity contribution in [1.82, 2.24) is 5.32 Å². The molecule has 0 saturated carbocycles. The molecule has 6 nitrogen and oxygen atoms in total. The fourth-order valence-corrected chi connectivity index (χ4v) is 2.65. The van der Waals surface area contributed by atoms with E-state index < -0.39 is 0 Å². The number of hydrogen-bond donors (Lipinski definition) is 2. The van der Waals surface area contributed by atoms with Gasteiger partial charge in [-0.05, 0) is 36.8 Å². The summed E-state index contributed by atoms with van der Waals surface area (Å²) in [6.45, 7) is 3.58. The van der Waals surface area contributed by atoms with E-state index >= 15 is 0 Å². The molecule has 0 aliphatic carbocycles. The highest BCUT2D eigenvalue weighted by molar-refractivity contribution is 5.84. The summed E-state index contributed by atoms with van der Waals surface area (Å²) in [4.78, 5) is 12.3. The molecule has 0 radical (unpaired) electrons. The van der Waals surface area contributed by atoms with E-state index in [4.69, 9.17) is 14.2 Å². The van der Waals surface area contributed by atoms with Crippen molar-refractivity contribution < 1.29 is 19.0 Å². The quantitative estimate of drug-likeness (QED) is 0.833. The van der Waals surface area contributed by atoms with Gasteiger partial charge in [0.25, 0.3) is 0 Å². The average Bonchev–Trinajstić information content (AvgIpc) is 2.91. The Kier molecular flexibility index (Phi) is 5.84. The van der Waals surface area contributed by atoms with Gasteiger partial charge in [0.1, 0.15) is 11.8 Å². The van der Waals surface area contributed by atoms with E-state index in [-0.39, 0.29) is 11.9 Å². The lowest BCUT2D eigenvalue weighted by Crippen LogP contribution is -2.37. The molecule has 1 amide bonds. The van der Waals surface area contributed by atoms with E-state index in [1.54, 1.807) is 7.11 Å². The van der Waals surface area contributed by atoms with E-state index in [9.17, 15) is 4.79 Å². The Morgan fingerprint density at radius 3 is 2.58 bits per heavy atom. The number of methoxy groups -OCH3 is 1. The molecule has 6 heteroatoms. The predicted octanol–water partition coefficient (Wildman–Crippen LogP) is 2.97. The number of rotatable bonds is 6. The topological polar surface area (TPSA) is 68.8 Å². The first-order valence-electron chi connectivity index (χ1n) is 8.72. The summed E-state index contributed by atoms with van der Waals surface area (Å²) in [6.07, 6.45) is 0.863. The van der Waals surface area contributed by atoms with Gasteiger partial charge in [-0.1, -0.05) is 12.1 Å². The molecule has 2 aromatic rings. The van der Waals surface area contributed by atoms with Crippen molar-refractivity contribution in [3.63, 3.8) is 0 Å². The molecule has 26 heavy (non-hydrogen) atoms. The monoisotopic (exact) mass is 356 g/mol. The Labute approximate surface area is 153 Å². The van der Waals surface area contributed by atoms with Crippen molar-refractivity contribution in [1.29, 1.82) is 0 Å². The number of ether oxygens (including phenoxy) is 3. The third-order valence-corrected chi connectivity index (χ3v) is 4.15. The standard InChI is InChI=1S/C20H24N2O4/c1-14(20(23)21-13-15-4-7-17(24-2)8-5-15)22-16-6-9-18-19(12-16)26-11-3-10-25-18/h4-9,12,14,22H,3,10-11,13H2,1-2H3,(H,21,23). The van der Waals surface area contributed by atoms with Crippen LogP contribution in [-0.4, -0.2) is 32.3 Å². The summed E-state index contributed by atoms with van der Waals surface area (Å²) in [7, 11) is 1.63. The van der Waals surface area contributed by atoms with Gasteiger partial charge in [0.2, 0.25) is 5.91 Å². The number of fused-ring (bicyclic) bond motifs is 1. The molecule has 1 unspecified atom stereocenters. The zero-order chi connectivity index (χ0) is 18.4. The van der Waals surface area contributed by atoms with Gasteiger partial charge in [-0.2, -0.15) is 0 Å². The molecular weight excluding hydrogens is 332 g/mol. The van der Waals surface area contributed by atoms with E-state index in [2.05, 4.69) is 10.6 Å². The number of amides is 1. The molecule has 2 aromatic carbocycles. The lowest BCUT2D eigenvalue weighted by atomic mass is 10.2. The van der Waals surface area contributed by atoms with Gasteiger partial charge in [0, 0.05) is 24.7 Å². The molecule has 0 saturated heterocycles. The van der Waals surface area contributed by atoms with Crippen molar-refractivity contribution >= 4 is 11.6 Å². The fraction of sp³-hybridized carbons (Fsp3) is 0.350. The highest BCUT2D eigenvalue weighted by Gasteiger charge is 2.15. The lowest BCUT2D eigenvalue weighted by Gasteiger charge is -2.17. The molecule has 0 aromatic heterocycles. The van der Waals surface area contributed by atoms with Crippen molar-refractivity contribution in [2.24, 2.45) is 0 Å². The normalized spacial score (nSPS) is 14.1. The first kappa shape index (κ1) is 17.9. The molecule has 138 valence electrons. The van der Waals surface area contributed by atoms with Crippen molar-refractivity contribution in [2.75, 3.05) is 25.6 Å². The number of carbonyl (C=O) groups is 1. The van der Waals surface area contributed by atoms with Crippen LogP contribution in [0.5, 0.6) is 17.2 Å². The fourth-order valence-electron chi connectivity index (χ4n) is 2.65. The number of benzene rings is 2. The Balaban J connectivity index is 1.54. The summed E-state index contributed by atoms with van der Waals surface area (Å²) in [5.74, 6) is 2.17. The SMILES string of the molecule is COc1ccc(CNC(=O)C(C)Nc2ccc3c(c2)OCCCO3)cc1. The first-order valence-corrected chi connectivity index (χ1v) is 8.72. The second-order valence-electron chi connectivity index (χ2n) is 6.14. The van der Waals surface area contributed by atoms with Gasteiger partial charge >= 0.3 is 0 Å².